The topological polar surface area (TPSA) is 43.6 Å². The number of Topliss-reactive ketones (excluding diaryl/α,β-unsaturated/α-hetero) is 1. The Bertz CT molecular complexity index is 556. The van der Waals surface area contributed by atoms with Crippen molar-refractivity contribution in [2.75, 3.05) is 6.61 Å². The molecule has 0 N–H and O–H groups in total. The van der Waals surface area contributed by atoms with Gasteiger partial charge >= 0.3 is 0 Å². The van der Waals surface area contributed by atoms with Crippen LogP contribution in [0.15, 0.2) is 30.6 Å². The van der Waals surface area contributed by atoms with Crippen LogP contribution in [0.4, 0.5) is 0 Å². The molecular formula is C14H16N2O2. The Hall–Kier alpha value is -1.68. The monoisotopic (exact) mass is 244 g/mol. The molecule has 2 aromatic heterocycles. The quantitative estimate of drug-likeness (QED) is 0.776. The molecule has 0 bridgehead atoms. The fourth-order valence-corrected chi connectivity index (χ4v) is 2.45. The molecule has 1 aliphatic heterocycles. The number of pyridine rings is 1. The van der Waals surface area contributed by atoms with Gasteiger partial charge in [-0.3, -0.25) is 4.79 Å². The zero-order valence-electron chi connectivity index (χ0n) is 10.2. The van der Waals surface area contributed by atoms with Crippen molar-refractivity contribution in [3.05, 3.63) is 36.2 Å². The minimum atomic E-state index is 0.159. The molecule has 1 unspecified atom stereocenters. The molecule has 0 saturated carbocycles. The Morgan fingerprint density at radius 2 is 2.44 bits per heavy atom. The largest absolute Gasteiger partial charge is 0.378 e. The molecule has 1 aliphatic rings. The molecule has 94 valence electrons. The van der Waals surface area contributed by atoms with Crippen molar-refractivity contribution in [3.63, 3.8) is 0 Å². The van der Waals surface area contributed by atoms with Crippen molar-refractivity contribution in [2.24, 2.45) is 0 Å². The van der Waals surface area contributed by atoms with Gasteiger partial charge in [0.2, 0.25) is 0 Å². The Morgan fingerprint density at radius 3 is 3.28 bits per heavy atom. The Balaban J connectivity index is 1.71. The van der Waals surface area contributed by atoms with E-state index < -0.39 is 0 Å². The first-order valence-corrected chi connectivity index (χ1v) is 6.42. The van der Waals surface area contributed by atoms with Gasteiger partial charge in [-0.2, -0.15) is 5.10 Å². The predicted octanol–water partition coefficient (Wildman–Crippen LogP) is 2.48. The van der Waals surface area contributed by atoms with Crippen LogP contribution in [0.1, 0.15) is 36.0 Å². The van der Waals surface area contributed by atoms with E-state index in [4.69, 9.17) is 4.74 Å². The molecule has 3 heterocycles. The van der Waals surface area contributed by atoms with Gasteiger partial charge in [-0.05, 0) is 31.4 Å². The summed E-state index contributed by atoms with van der Waals surface area (Å²) in [5.41, 5.74) is 1.60. The van der Waals surface area contributed by atoms with E-state index in [0.29, 0.717) is 12.0 Å². The maximum Gasteiger partial charge on any atom is 0.166 e. The highest BCUT2D eigenvalue weighted by atomic mass is 16.5. The second kappa shape index (κ2) is 4.90. The van der Waals surface area contributed by atoms with Crippen LogP contribution in [-0.4, -0.2) is 28.1 Å². The van der Waals surface area contributed by atoms with Crippen LogP contribution in [0.5, 0.6) is 0 Å². The molecule has 1 fully saturated rings. The number of aromatic nitrogens is 2. The van der Waals surface area contributed by atoms with Crippen molar-refractivity contribution in [1.29, 1.82) is 0 Å². The van der Waals surface area contributed by atoms with Crippen LogP contribution >= 0.6 is 0 Å². The van der Waals surface area contributed by atoms with E-state index in [9.17, 15) is 4.79 Å². The van der Waals surface area contributed by atoms with E-state index in [-0.39, 0.29) is 11.9 Å². The minimum Gasteiger partial charge on any atom is -0.378 e. The van der Waals surface area contributed by atoms with Gasteiger partial charge in [0.15, 0.2) is 5.78 Å². The number of ether oxygens (including phenoxy) is 1. The summed E-state index contributed by atoms with van der Waals surface area (Å²) in [7, 11) is 0. The summed E-state index contributed by atoms with van der Waals surface area (Å²) in [4.78, 5) is 12.2. The van der Waals surface area contributed by atoms with Crippen LogP contribution in [0, 0.1) is 0 Å². The van der Waals surface area contributed by atoms with E-state index in [1.54, 1.807) is 10.7 Å². The van der Waals surface area contributed by atoms with Crippen molar-refractivity contribution in [3.8, 4) is 0 Å². The fourth-order valence-electron chi connectivity index (χ4n) is 2.45. The first kappa shape index (κ1) is 11.4. The molecule has 0 amide bonds. The van der Waals surface area contributed by atoms with E-state index in [1.807, 2.05) is 24.4 Å². The van der Waals surface area contributed by atoms with Gasteiger partial charge < -0.3 is 4.74 Å². The molecule has 4 nitrogen and oxygen atoms in total. The third-order valence-corrected chi connectivity index (χ3v) is 3.44. The molecule has 3 rings (SSSR count). The van der Waals surface area contributed by atoms with Gasteiger partial charge in [0.05, 0.1) is 23.4 Å². The summed E-state index contributed by atoms with van der Waals surface area (Å²) in [5, 5.41) is 4.18. The molecule has 2 aromatic rings. The molecular weight excluding hydrogens is 228 g/mol. The number of hydrogen-bond acceptors (Lipinski definition) is 3. The van der Waals surface area contributed by atoms with Crippen LogP contribution in [-0.2, 0) is 4.74 Å². The summed E-state index contributed by atoms with van der Waals surface area (Å²) < 4.78 is 7.27. The average molecular weight is 244 g/mol. The molecule has 18 heavy (non-hydrogen) atoms. The smallest absolute Gasteiger partial charge is 0.166 e. The second-order valence-electron chi connectivity index (χ2n) is 4.69. The Kier molecular flexibility index (Phi) is 3.11. The summed E-state index contributed by atoms with van der Waals surface area (Å²) in [6, 6.07) is 5.75. The highest BCUT2D eigenvalue weighted by Crippen LogP contribution is 2.19. The Labute approximate surface area is 106 Å². The van der Waals surface area contributed by atoms with Gasteiger partial charge in [-0.25, -0.2) is 4.52 Å². The molecule has 0 spiro atoms. The lowest BCUT2D eigenvalue weighted by Gasteiger charge is -2.07. The maximum atomic E-state index is 12.2. The van der Waals surface area contributed by atoms with Crippen LogP contribution in [0.25, 0.3) is 5.52 Å². The number of nitrogens with zero attached hydrogens (tertiary/aromatic N) is 2. The number of fused-ring (bicyclic) bond motifs is 1. The van der Waals surface area contributed by atoms with Crippen molar-refractivity contribution in [1.82, 2.24) is 9.61 Å². The number of carbonyl (C=O) groups excluding carboxylic acids is 1. The number of ketones is 1. The highest BCUT2D eigenvalue weighted by molar-refractivity contribution is 6.02. The third kappa shape index (κ3) is 2.16. The second-order valence-corrected chi connectivity index (χ2v) is 4.69. The highest BCUT2D eigenvalue weighted by Gasteiger charge is 2.18. The first-order valence-electron chi connectivity index (χ1n) is 6.42. The van der Waals surface area contributed by atoms with Crippen molar-refractivity contribution < 1.29 is 9.53 Å². The van der Waals surface area contributed by atoms with E-state index in [0.717, 1.165) is 31.4 Å². The predicted molar refractivity (Wildman–Crippen MR) is 67.7 cm³/mol. The lowest BCUT2D eigenvalue weighted by atomic mass is 10.0. The summed E-state index contributed by atoms with van der Waals surface area (Å²) >= 11 is 0. The summed E-state index contributed by atoms with van der Waals surface area (Å²) in [6.07, 6.45) is 7.36. The van der Waals surface area contributed by atoms with Gasteiger partial charge in [0, 0.05) is 19.2 Å². The molecule has 1 atom stereocenters. The van der Waals surface area contributed by atoms with Crippen molar-refractivity contribution >= 4 is 11.3 Å². The van der Waals surface area contributed by atoms with Crippen LogP contribution in [0.3, 0.4) is 0 Å². The average Bonchev–Trinajstić information content (AvgIpc) is 3.05. The molecule has 4 heteroatoms. The third-order valence-electron chi connectivity index (χ3n) is 3.44. The molecule has 0 aromatic carbocycles. The SMILES string of the molecule is O=C(CCC1CCCO1)c1cnn2ccccc12. The Morgan fingerprint density at radius 1 is 1.50 bits per heavy atom. The number of hydrogen-bond donors (Lipinski definition) is 0. The zero-order chi connectivity index (χ0) is 12.4. The molecule has 1 saturated heterocycles. The maximum absolute atomic E-state index is 12.2. The molecule has 0 aliphatic carbocycles. The van der Waals surface area contributed by atoms with Gasteiger partial charge in [-0.1, -0.05) is 6.07 Å². The van der Waals surface area contributed by atoms with E-state index >= 15 is 0 Å². The zero-order valence-corrected chi connectivity index (χ0v) is 10.2. The number of carbonyl (C=O) groups is 1. The minimum absolute atomic E-state index is 0.159. The summed E-state index contributed by atoms with van der Waals surface area (Å²) in [6.45, 7) is 0.843. The normalized spacial score (nSPS) is 19.4. The van der Waals surface area contributed by atoms with E-state index in [2.05, 4.69) is 5.10 Å². The van der Waals surface area contributed by atoms with Gasteiger partial charge in [0.25, 0.3) is 0 Å². The fraction of sp³-hybridized carbons (Fsp3) is 0.429. The van der Waals surface area contributed by atoms with Crippen molar-refractivity contribution in [2.45, 2.75) is 31.8 Å². The van der Waals surface area contributed by atoms with Crippen LogP contribution < -0.4 is 0 Å². The lowest BCUT2D eigenvalue weighted by Crippen LogP contribution is -2.08. The molecule has 0 radical (unpaired) electrons. The number of rotatable bonds is 4. The van der Waals surface area contributed by atoms with Gasteiger partial charge in [-0.15, -0.1) is 0 Å². The van der Waals surface area contributed by atoms with Gasteiger partial charge in [0.1, 0.15) is 0 Å². The van der Waals surface area contributed by atoms with Crippen LogP contribution in [0.2, 0.25) is 0 Å². The summed E-state index contributed by atoms with van der Waals surface area (Å²) in [5.74, 6) is 0.159. The van der Waals surface area contributed by atoms with E-state index in [1.165, 1.54) is 0 Å². The standard InChI is InChI=1S/C14H16N2O2/c17-14(7-6-11-4-3-9-18-11)12-10-15-16-8-2-1-5-13(12)16/h1-2,5,8,10-11H,3-4,6-7,9H2. The first-order chi connectivity index (χ1) is 8.84. The lowest BCUT2D eigenvalue weighted by molar-refractivity contribution is 0.0860.